The van der Waals surface area contributed by atoms with Crippen molar-refractivity contribution in [3.63, 3.8) is 0 Å². The third-order valence-corrected chi connectivity index (χ3v) is 5.08. The topological polar surface area (TPSA) is 91.5 Å². The Morgan fingerprint density at radius 3 is 3.00 bits per heavy atom. The number of carbonyl (C=O) groups is 1. The van der Waals surface area contributed by atoms with E-state index in [1.165, 1.54) is 11.3 Å². The van der Waals surface area contributed by atoms with E-state index in [1.807, 2.05) is 12.3 Å². The molecule has 2 aromatic heterocycles. The number of aliphatic hydroxyl groups excluding tert-OH is 1. The minimum Gasteiger partial charge on any atom is -0.393 e. The smallest absolute Gasteiger partial charge is 0.274 e. The van der Waals surface area contributed by atoms with E-state index in [9.17, 15) is 9.90 Å². The monoisotopic (exact) mass is 350 g/mol. The van der Waals surface area contributed by atoms with Gasteiger partial charge in [0.25, 0.3) is 5.91 Å². The summed E-state index contributed by atoms with van der Waals surface area (Å²) in [6.45, 7) is 4.26. The summed E-state index contributed by atoms with van der Waals surface area (Å²) in [4.78, 5) is 18.8. The Hall–Kier alpha value is -1.77. The fraction of sp³-hybridized carbons (Fsp3) is 0.562. The maximum absolute atomic E-state index is 12.4. The van der Waals surface area contributed by atoms with Crippen LogP contribution in [-0.2, 0) is 6.54 Å². The van der Waals surface area contributed by atoms with Crippen LogP contribution in [0.1, 0.15) is 53.5 Å². The number of rotatable bonds is 6. The van der Waals surface area contributed by atoms with Crippen molar-refractivity contribution in [1.82, 2.24) is 20.4 Å². The number of hydrogen-bond acceptors (Lipinski definition) is 7. The van der Waals surface area contributed by atoms with E-state index in [-0.39, 0.29) is 23.7 Å². The molecule has 2 N–H and O–H groups in total. The van der Waals surface area contributed by atoms with Crippen LogP contribution in [0.4, 0.5) is 0 Å². The van der Waals surface area contributed by atoms with Gasteiger partial charge in [0.15, 0.2) is 11.5 Å². The summed E-state index contributed by atoms with van der Waals surface area (Å²) in [6, 6.07) is 1.58. The standard InChI is InChI=1S/C16H22N4O3S/c1-2-13(16-17-5-8-24-16)18-15(22)14-9-12(23-19-14)10-20-6-3-11(21)4-7-20/h5,8-9,11,13,21H,2-4,6-7,10H2,1H3,(H,18,22). The normalized spacial score (nSPS) is 17.8. The van der Waals surface area contributed by atoms with Crippen molar-refractivity contribution < 1.29 is 14.4 Å². The van der Waals surface area contributed by atoms with Crippen LogP contribution in [0.3, 0.4) is 0 Å². The highest BCUT2D eigenvalue weighted by atomic mass is 32.1. The summed E-state index contributed by atoms with van der Waals surface area (Å²) in [7, 11) is 0. The van der Waals surface area contributed by atoms with Crippen LogP contribution in [0.15, 0.2) is 22.2 Å². The highest BCUT2D eigenvalue weighted by Crippen LogP contribution is 2.20. The molecule has 8 heteroatoms. The summed E-state index contributed by atoms with van der Waals surface area (Å²) in [6.07, 6.45) is 3.84. The van der Waals surface area contributed by atoms with Crippen LogP contribution in [0.25, 0.3) is 0 Å². The molecule has 130 valence electrons. The van der Waals surface area contributed by atoms with E-state index in [4.69, 9.17) is 4.52 Å². The Balaban J connectivity index is 1.57. The molecule has 1 aliphatic heterocycles. The molecular weight excluding hydrogens is 328 g/mol. The predicted molar refractivity (Wildman–Crippen MR) is 89.6 cm³/mol. The summed E-state index contributed by atoms with van der Waals surface area (Å²) >= 11 is 1.52. The Labute approximate surface area is 144 Å². The van der Waals surface area contributed by atoms with Crippen LogP contribution < -0.4 is 5.32 Å². The summed E-state index contributed by atoms with van der Waals surface area (Å²) in [5, 5.41) is 19.2. The molecule has 1 amide bonds. The zero-order valence-electron chi connectivity index (χ0n) is 13.6. The van der Waals surface area contributed by atoms with E-state index < -0.39 is 0 Å². The molecule has 0 bridgehead atoms. The molecule has 3 rings (SSSR count). The van der Waals surface area contributed by atoms with Crippen molar-refractivity contribution in [3.8, 4) is 0 Å². The molecule has 0 aromatic carbocycles. The van der Waals surface area contributed by atoms with Gasteiger partial charge in [-0.15, -0.1) is 11.3 Å². The van der Waals surface area contributed by atoms with Crippen molar-refractivity contribution in [2.24, 2.45) is 0 Å². The van der Waals surface area contributed by atoms with Gasteiger partial charge in [0.2, 0.25) is 0 Å². The third-order valence-electron chi connectivity index (χ3n) is 4.19. The van der Waals surface area contributed by atoms with Crippen molar-refractivity contribution in [2.75, 3.05) is 13.1 Å². The quantitative estimate of drug-likeness (QED) is 0.828. The maximum Gasteiger partial charge on any atom is 0.274 e. The second-order valence-corrected chi connectivity index (χ2v) is 6.92. The molecule has 1 aliphatic rings. The van der Waals surface area contributed by atoms with E-state index in [1.54, 1.807) is 12.3 Å². The maximum atomic E-state index is 12.4. The van der Waals surface area contributed by atoms with Gasteiger partial charge in [0.1, 0.15) is 5.01 Å². The molecule has 1 fully saturated rings. The lowest BCUT2D eigenvalue weighted by molar-refractivity contribution is 0.0748. The van der Waals surface area contributed by atoms with Gasteiger partial charge >= 0.3 is 0 Å². The summed E-state index contributed by atoms with van der Waals surface area (Å²) in [5.41, 5.74) is 0.289. The van der Waals surface area contributed by atoms with Crippen LogP contribution in [0, 0.1) is 0 Å². The van der Waals surface area contributed by atoms with E-state index >= 15 is 0 Å². The molecule has 0 saturated carbocycles. The largest absolute Gasteiger partial charge is 0.393 e. The van der Waals surface area contributed by atoms with Gasteiger partial charge in [-0.2, -0.15) is 0 Å². The Morgan fingerprint density at radius 1 is 1.54 bits per heavy atom. The minimum atomic E-state index is -0.249. The Bertz CT molecular complexity index is 650. The number of amides is 1. The van der Waals surface area contributed by atoms with E-state index in [2.05, 4.69) is 20.4 Å². The number of hydrogen-bond donors (Lipinski definition) is 2. The average Bonchev–Trinajstić information content (AvgIpc) is 3.26. The Kier molecular flexibility index (Phi) is 5.60. The van der Waals surface area contributed by atoms with Crippen molar-refractivity contribution in [3.05, 3.63) is 34.1 Å². The first-order valence-electron chi connectivity index (χ1n) is 8.22. The van der Waals surface area contributed by atoms with Gasteiger partial charge in [0.05, 0.1) is 18.7 Å². The number of nitrogens with zero attached hydrogens (tertiary/aromatic N) is 3. The van der Waals surface area contributed by atoms with Gasteiger partial charge < -0.3 is 14.9 Å². The van der Waals surface area contributed by atoms with Crippen LogP contribution >= 0.6 is 11.3 Å². The molecule has 0 radical (unpaired) electrons. The van der Waals surface area contributed by atoms with E-state index in [0.717, 1.165) is 37.4 Å². The molecular formula is C16H22N4O3S. The van der Waals surface area contributed by atoms with E-state index in [0.29, 0.717) is 12.3 Å². The zero-order chi connectivity index (χ0) is 16.9. The number of aliphatic hydroxyl groups is 1. The van der Waals surface area contributed by atoms with Crippen molar-refractivity contribution >= 4 is 17.2 Å². The SMILES string of the molecule is CCC(NC(=O)c1cc(CN2CCC(O)CC2)on1)c1nccs1. The fourth-order valence-corrected chi connectivity index (χ4v) is 3.54. The van der Waals surface area contributed by atoms with Crippen molar-refractivity contribution in [1.29, 1.82) is 0 Å². The first kappa shape index (κ1) is 17.1. The average molecular weight is 350 g/mol. The fourth-order valence-electron chi connectivity index (χ4n) is 2.77. The zero-order valence-corrected chi connectivity index (χ0v) is 14.5. The molecule has 2 aromatic rings. The molecule has 24 heavy (non-hydrogen) atoms. The number of piperidine rings is 1. The van der Waals surface area contributed by atoms with Gasteiger partial charge in [-0.3, -0.25) is 9.69 Å². The number of carbonyl (C=O) groups excluding carboxylic acids is 1. The summed E-state index contributed by atoms with van der Waals surface area (Å²) < 4.78 is 5.29. The van der Waals surface area contributed by atoms with Gasteiger partial charge in [0, 0.05) is 30.7 Å². The number of nitrogens with one attached hydrogen (secondary N) is 1. The third kappa shape index (κ3) is 4.19. The molecule has 3 heterocycles. The lowest BCUT2D eigenvalue weighted by Gasteiger charge is -2.28. The molecule has 0 aliphatic carbocycles. The van der Waals surface area contributed by atoms with Crippen LogP contribution in [-0.4, -0.2) is 45.2 Å². The Morgan fingerprint density at radius 2 is 2.33 bits per heavy atom. The van der Waals surface area contributed by atoms with Gasteiger partial charge in [-0.05, 0) is 19.3 Å². The summed E-state index contributed by atoms with van der Waals surface area (Å²) in [5.74, 6) is 0.417. The van der Waals surface area contributed by atoms with Crippen LogP contribution in [0.5, 0.6) is 0 Å². The lowest BCUT2D eigenvalue weighted by atomic mass is 10.1. The van der Waals surface area contributed by atoms with Gasteiger partial charge in [-0.1, -0.05) is 12.1 Å². The second-order valence-electron chi connectivity index (χ2n) is 5.99. The minimum absolute atomic E-state index is 0.110. The van der Waals surface area contributed by atoms with Crippen molar-refractivity contribution in [2.45, 2.75) is 44.9 Å². The lowest BCUT2D eigenvalue weighted by Crippen LogP contribution is -2.35. The number of thiazole rings is 1. The van der Waals surface area contributed by atoms with Gasteiger partial charge in [-0.25, -0.2) is 4.98 Å². The highest BCUT2D eigenvalue weighted by Gasteiger charge is 2.21. The highest BCUT2D eigenvalue weighted by molar-refractivity contribution is 7.09. The number of aromatic nitrogens is 2. The molecule has 7 nitrogen and oxygen atoms in total. The second kappa shape index (κ2) is 7.87. The molecule has 0 spiro atoms. The molecule has 1 atom stereocenters. The predicted octanol–water partition coefficient (Wildman–Crippen LogP) is 1.97. The molecule has 1 unspecified atom stereocenters. The number of likely N-dealkylation sites (tertiary alicyclic amines) is 1. The van der Waals surface area contributed by atoms with Crippen LogP contribution in [0.2, 0.25) is 0 Å². The first-order chi connectivity index (χ1) is 11.7. The molecule has 1 saturated heterocycles. The first-order valence-corrected chi connectivity index (χ1v) is 9.10.